The summed E-state index contributed by atoms with van der Waals surface area (Å²) >= 11 is 5.86. The highest BCUT2D eigenvalue weighted by atomic mass is 35.5. The number of halogens is 1. The van der Waals surface area contributed by atoms with E-state index in [1.54, 1.807) is 23.2 Å². The van der Waals surface area contributed by atoms with Gasteiger partial charge in [-0.25, -0.2) is 14.9 Å². The molecule has 0 saturated carbocycles. The zero-order valence-electron chi connectivity index (χ0n) is 16.6. The molecule has 5 heterocycles. The van der Waals surface area contributed by atoms with E-state index in [1.807, 2.05) is 4.90 Å². The minimum Gasteiger partial charge on any atom is -0.337 e. The number of rotatable bonds is 3. The van der Waals surface area contributed by atoms with E-state index < -0.39 is 0 Å². The number of aromatic amines is 1. The van der Waals surface area contributed by atoms with Gasteiger partial charge < -0.3 is 9.80 Å². The van der Waals surface area contributed by atoms with Crippen molar-refractivity contribution in [2.45, 2.75) is 25.3 Å². The van der Waals surface area contributed by atoms with Gasteiger partial charge >= 0.3 is 5.69 Å². The normalized spacial score (nSPS) is 21.2. The summed E-state index contributed by atoms with van der Waals surface area (Å²) in [7, 11) is 0. The van der Waals surface area contributed by atoms with Crippen molar-refractivity contribution in [1.82, 2.24) is 34.4 Å². The number of carbonyl (C=O) groups excluding carboxylic acids is 2. The first-order valence-electron chi connectivity index (χ1n) is 10.2. The van der Waals surface area contributed by atoms with Crippen molar-refractivity contribution in [2.75, 3.05) is 19.6 Å². The van der Waals surface area contributed by atoms with Crippen LogP contribution in [0.1, 0.15) is 40.1 Å². The average Bonchev–Trinajstić information content (AvgIpc) is 3.52. The molecule has 0 spiro atoms. The Bertz CT molecular complexity index is 1220. The van der Waals surface area contributed by atoms with Crippen LogP contribution in [0.2, 0.25) is 5.15 Å². The van der Waals surface area contributed by atoms with Crippen LogP contribution in [-0.4, -0.2) is 71.9 Å². The molecule has 0 radical (unpaired) electrons. The van der Waals surface area contributed by atoms with Crippen molar-refractivity contribution in [1.29, 1.82) is 0 Å². The molecule has 2 fully saturated rings. The molecule has 2 aliphatic rings. The third kappa shape index (κ3) is 3.56. The smallest absolute Gasteiger partial charge is 0.337 e. The lowest BCUT2D eigenvalue weighted by molar-refractivity contribution is 0.0680. The summed E-state index contributed by atoms with van der Waals surface area (Å²) in [5, 5.41) is 6.50. The molecule has 160 valence electrons. The standard InChI is InChI=1S/C20H20ClN7O3/c21-16-10-22-9-14(23-16)19(30)26-6-3-13(11-26)15-2-1-5-27(15)18(29)12-4-7-28-17(8-12)24-25-20(28)31/h4,7-10,13,15H,1-3,5-6,11H2,(H,25,31). The molecule has 10 nitrogen and oxygen atoms in total. The van der Waals surface area contributed by atoms with Gasteiger partial charge in [-0.2, -0.15) is 5.10 Å². The van der Waals surface area contributed by atoms with E-state index in [2.05, 4.69) is 20.2 Å². The molecule has 2 aliphatic heterocycles. The molecule has 31 heavy (non-hydrogen) atoms. The number of carbonyl (C=O) groups is 2. The average molecular weight is 442 g/mol. The topological polar surface area (TPSA) is 117 Å². The highest BCUT2D eigenvalue weighted by Crippen LogP contribution is 2.32. The van der Waals surface area contributed by atoms with Crippen LogP contribution in [0.15, 0.2) is 35.5 Å². The molecule has 2 unspecified atom stereocenters. The van der Waals surface area contributed by atoms with Crippen LogP contribution in [-0.2, 0) is 0 Å². The number of likely N-dealkylation sites (tertiary alicyclic amines) is 2. The minimum absolute atomic E-state index is 0.0633. The molecule has 3 aromatic rings. The first-order valence-corrected chi connectivity index (χ1v) is 10.5. The number of H-pyrrole nitrogens is 1. The Labute approximate surface area is 181 Å². The fourth-order valence-electron chi connectivity index (χ4n) is 4.63. The maximum atomic E-state index is 13.2. The fraction of sp³-hybridized carbons (Fsp3) is 0.400. The third-order valence-electron chi connectivity index (χ3n) is 6.11. The summed E-state index contributed by atoms with van der Waals surface area (Å²) in [6.45, 7) is 1.85. The number of nitrogens with zero attached hydrogens (tertiary/aromatic N) is 6. The van der Waals surface area contributed by atoms with Gasteiger partial charge in [0, 0.05) is 37.4 Å². The monoisotopic (exact) mass is 441 g/mol. The summed E-state index contributed by atoms with van der Waals surface area (Å²) in [4.78, 5) is 49.3. The second-order valence-corrected chi connectivity index (χ2v) is 8.29. The lowest BCUT2D eigenvalue weighted by Crippen LogP contribution is -2.41. The molecule has 0 bridgehead atoms. The van der Waals surface area contributed by atoms with Crippen molar-refractivity contribution in [3.63, 3.8) is 0 Å². The molecular weight excluding hydrogens is 422 g/mol. The van der Waals surface area contributed by atoms with Gasteiger partial charge in [-0.3, -0.25) is 19.0 Å². The van der Waals surface area contributed by atoms with Gasteiger partial charge in [0.2, 0.25) is 0 Å². The number of pyridine rings is 1. The second-order valence-electron chi connectivity index (χ2n) is 7.91. The van der Waals surface area contributed by atoms with Crippen LogP contribution >= 0.6 is 11.6 Å². The molecule has 3 aromatic heterocycles. The third-order valence-corrected chi connectivity index (χ3v) is 6.29. The number of hydrogen-bond donors (Lipinski definition) is 1. The van der Waals surface area contributed by atoms with Crippen molar-refractivity contribution in [3.8, 4) is 0 Å². The van der Waals surface area contributed by atoms with E-state index in [0.29, 0.717) is 30.8 Å². The Morgan fingerprint density at radius 2 is 2.03 bits per heavy atom. The molecule has 11 heteroatoms. The quantitative estimate of drug-likeness (QED) is 0.653. The fourth-order valence-corrected chi connectivity index (χ4v) is 4.78. The summed E-state index contributed by atoms with van der Waals surface area (Å²) in [6.07, 6.45) is 7.01. The Morgan fingerprint density at radius 3 is 2.87 bits per heavy atom. The summed E-state index contributed by atoms with van der Waals surface area (Å²) in [6, 6.07) is 3.33. The molecule has 5 rings (SSSR count). The Kier molecular flexibility index (Phi) is 4.93. The van der Waals surface area contributed by atoms with Gasteiger partial charge in [0.15, 0.2) is 5.65 Å². The zero-order chi connectivity index (χ0) is 21.5. The van der Waals surface area contributed by atoms with E-state index in [1.165, 1.54) is 16.8 Å². The minimum atomic E-state index is -0.340. The van der Waals surface area contributed by atoms with E-state index in [-0.39, 0.29) is 40.3 Å². The molecule has 2 saturated heterocycles. The van der Waals surface area contributed by atoms with Crippen LogP contribution < -0.4 is 5.69 Å². The Balaban J connectivity index is 1.31. The molecule has 2 atom stereocenters. The largest absolute Gasteiger partial charge is 0.347 e. The highest BCUT2D eigenvalue weighted by molar-refractivity contribution is 6.29. The molecule has 2 amide bonds. The van der Waals surface area contributed by atoms with Crippen molar-refractivity contribution >= 4 is 29.1 Å². The first kappa shape index (κ1) is 19.7. The van der Waals surface area contributed by atoms with Crippen LogP contribution in [0.5, 0.6) is 0 Å². The van der Waals surface area contributed by atoms with Gasteiger partial charge in [0.05, 0.1) is 12.4 Å². The van der Waals surface area contributed by atoms with Crippen LogP contribution in [0.25, 0.3) is 5.65 Å². The maximum absolute atomic E-state index is 13.2. The summed E-state index contributed by atoms with van der Waals surface area (Å²) in [5.41, 5.74) is 0.800. The molecule has 0 aromatic carbocycles. The number of fused-ring (bicyclic) bond motifs is 1. The number of nitrogens with one attached hydrogen (secondary N) is 1. The number of amides is 2. The van der Waals surface area contributed by atoms with Crippen molar-refractivity contribution in [2.24, 2.45) is 5.92 Å². The van der Waals surface area contributed by atoms with Crippen LogP contribution in [0, 0.1) is 5.92 Å². The van der Waals surface area contributed by atoms with E-state index in [0.717, 1.165) is 19.3 Å². The van der Waals surface area contributed by atoms with Gasteiger partial charge in [-0.1, -0.05) is 11.6 Å². The first-order chi connectivity index (χ1) is 15.0. The maximum Gasteiger partial charge on any atom is 0.347 e. The Hall–Kier alpha value is -3.27. The van der Waals surface area contributed by atoms with E-state index in [9.17, 15) is 14.4 Å². The van der Waals surface area contributed by atoms with Gasteiger partial charge in [0.1, 0.15) is 10.8 Å². The van der Waals surface area contributed by atoms with Gasteiger partial charge in [-0.15, -0.1) is 0 Å². The number of hydrogen-bond acceptors (Lipinski definition) is 6. The van der Waals surface area contributed by atoms with Gasteiger partial charge in [0.25, 0.3) is 11.8 Å². The predicted molar refractivity (Wildman–Crippen MR) is 111 cm³/mol. The second kappa shape index (κ2) is 7.77. The molecule has 0 aliphatic carbocycles. The van der Waals surface area contributed by atoms with Gasteiger partial charge in [-0.05, 0) is 37.3 Å². The van der Waals surface area contributed by atoms with Crippen LogP contribution in [0.4, 0.5) is 0 Å². The zero-order valence-corrected chi connectivity index (χ0v) is 17.3. The lowest BCUT2D eigenvalue weighted by Gasteiger charge is -2.29. The summed E-state index contributed by atoms with van der Waals surface area (Å²) < 4.78 is 1.36. The van der Waals surface area contributed by atoms with Crippen molar-refractivity contribution in [3.05, 3.63) is 57.6 Å². The van der Waals surface area contributed by atoms with Crippen LogP contribution in [0.3, 0.4) is 0 Å². The Morgan fingerprint density at radius 1 is 1.16 bits per heavy atom. The molecular formula is C20H20ClN7O3. The highest BCUT2D eigenvalue weighted by Gasteiger charge is 2.39. The lowest BCUT2D eigenvalue weighted by atomic mass is 9.96. The van der Waals surface area contributed by atoms with E-state index in [4.69, 9.17) is 11.6 Å². The van der Waals surface area contributed by atoms with E-state index >= 15 is 0 Å². The predicted octanol–water partition coefficient (Wildman–Crippen LogP) is 1.23. The SMILES string of the molecule is O=C(c1cncc(Cl)n1)N1CCC(C2CCCN2C(=O)c2ccn3c(=O)[nH]nc3c2)C1. The summed E-state index contributed by atoms with van der Waals surface area (Å²) in [5.74, 6) is -0.0759. The van der Waals surface area contributed by atoms with Crippen molar-refractivity contribution < 1.29 is 9.59 Å². The molecule has 1 N–H and O–H groups in total. The number of aromatic nitrogens is 5.